The van der Waals surface area contributed by atoms with Crippen LogP contribution in [0.3, 0.4) is 0 Å². The first-order valence-corrected chi connectivity index (χ1v) is 11.4. The van der Waals surface area contributed by atoms with Crippen molar-refractivity contribution in [2.75, 3.05) is 24.6 Å². The van der Waals surface area contributed by atoms with Crippen molar-refractivity contribution in [3.05, 3.63) is 65.4 Å². The molecule has 6 heteroatoms. The van der Waals surface area contributed by atoms with Gasteiger partial charge < -0.3 is 14.8 Å². The van der Waals surface area contributed by atoms with Crippen LogP contribution in [-0.4, -0.2) is 37.6 Å². The van der Waals surface area contributed by atoms with E-state index in [1.165, 1.54) is 4.90 Å². The zero-order valence-electron chi connectivity index (χ0n) is 20.2. The van der Waals surface area contributed by atoms with Crippen molar-refractivity contribution in [1.29, 1.82) is 0 Å². The Bertz CT molecular complexity index is 1010. The van der Waals surface area contributed by atoms with E-state index in [1.54, 1.807) is 6.08 Å². The van der Waals surface area contributed by atoms with Crippen LogP contribution in [0.15, 0.2) is 54.3 Å². The quantitative estimate of drug-likeness (QED) is 0.468. The van der Waals surface area contributed by atoms with Crippen molar-refractivity contribution in [3.63, 3.8) is 0 Å². The maximum atomic E-state index is 13.4. The second-order valence-electron chi connectivity index (χ2n) is 9.47. The second kappa shape index (κ2) is 10.7. The molecule has 1 aliphatic heterocycles. The molecular formula is C27H34N2O4. The Hall–Kier alpha value is -3.12. The first-order chi connectivity index (χ1) is 15.6. The van der Waals surface area contributed by atoms with E-state index >= 15 is 0 Å². The third kappa shape index (κ3) is 6.68. The van der Waals surface area contributed by atoms with Crippen molar-refractivity contribution >= 4 is 23.6 Å². The van der Waals surface area contributed by atoms with E-state index in [9.17, 15) is 9.59 Å². The number of hydrogen-bond donors (Lipinski definition) is 1. The van der Waals surface area contributed by atoms with Gasteiger partial charge in [-0.2, -0.15) is 0 Å². The van der Waals surface area contributed by atoms with Gasteiger partial charge in [-0.3, -0.25) is 14.5 Å². The van der Waals surface area contributed by atoms with Crippen molar-refractivity contribution in [3.8, 4) is 5.75 Å². The summed E-state index contributed by atoms with van der Waals surface area (Å²) in [5.41, 5.74) is 2.41. The molecule has 0 spiro atoms. The highest BCUT2D eigenvalue weighted by atomic mass is 16.5. The van der Waals surface area contributed by atoms with E-state index in [-0.39, 0.29) is 35.6 Å². The molecule has 1 N–H and O–H groups in total. The molecule has 0 unspecified atom stereocenters. The van der Waals surface area contributed by atoms with Gasteiger partial charge in [0.25, 0.3) is 5.91 Å². The predicted molar refractivity (Wildman–Crippen MR) is 131 cm³/mol. The van der Waals surface area contributed by atoms with Crippen LogP contribution in [-0.2, 0) is 19.7 Å². The topological polar surface area (TPSA) is 67.9 Å². The number of rotatable bonds is 8. The van der Waals surface area contributed by atoms with Crippen LogP contribution >= 0.6 is 0 Å². The fourth-order valence-corrected chi connectivity index (χ4v) is 3.45. The molecule has 3 rings (SSSR count). The summed E-state index contributed by atoms with van der Waals surface area (Å²) in [5, 5.41) is 2.89. The Morgan fingerprint density at radius 3 is 2.55 bits per heavy atom. The maximum absolute atomic E-state index is 13.4. The number of fused-ring (bicyclic) bond motifs is 1. The number of amides is 2. The Balaban J connectivity index is 1.83. The van der Waals surface area contributed by atoms with E-state index in [1.807, 2.05) is 62.4 Å². The third-order valence-electron chi connectivity index (χ3n) is 5.29. The number of carbonyl (C=O) groups excluding carboxylic acids is 2. The highest BCUT2D eigenvalue weighted by Crippen LogP contribution is 2.39. The van der Waals surface area contributed by atoms with Gasteiger partial charge in [-0.15, -0.1) is 0 Å². The van der Waals surface area contributed by atoms with Gasteiger partial charge in [-0.1, -0.05) is 57.2 Å². The Morgan fingerprint density at radius 2 is 1.88 bits per heavy atom. The molecule has 0 aliphatic carbocycles. The van der Waals surface area contributed by atoms with Crippen LogP contribution in [0.5, 0.6) is 5.75 Å². The number of carbonyl (C=O) groups is 2. The molecule has 0 fully saturated rings. The molecule has 0 bridgehead atoms. The Labute approximate surface area is 196 Å². The lowest BCUT2D eigenvalue weighted by Gasteiger charge is -2.32. The minimum atomic E-state index is -0.337. The number of ether oxygens (including phenoxy) is 2. The predicted octanol–water partition coefficient (Wildman–Crippen LogP) is 4.68. The molecule has 2 aromatic carbocycles. The molecule has 2 aromatic rings. The first-order valence-electron chi connectivity index (χ1n) is 11.4. The highest BCUT2D eigenvalue weighted by Gasteiger charge is 2.33. The minimum Gasteiger partial charge on any atom is -0.449 e. The molecular weight excluding hydrogens is 416 g/mol. The SMILES string of the molecule is CC(C)OCCCNC(=O)CN1C(=O)/C(=C/c2ccccc2)Oc2ccc(C(C)(C)C)cc21. The van der Waals surface area contributed by atoms with Gasteiger partial charge in [0.1, 0.15) is 6.54 Å². The van der Waals surface area contributed by atoms with Crippen molar-refractivity contribution < 1.29 is 19.1 Å². The summed E-state index contributed by atoms with van der Waals surface area (Å²) in [6.07, 6.45) is 2.58. The van der Waals surface area contributed by atoms with Gasteiger partial charge in [0, 0.05) is 13.2 Å². The van der Waals surface area contributed by atoms with Gasteiger partial charge in [0.2, 0.25) is 5.91 Å². The van der Waals surface area contributed by atoms with Crippen LogP contribution in [0.2, 0.25) is 0 Å². The molecule has 0 saturated heterocycles. The molecule has 0 radical (unpaired) electrons. The largest absolute Gasteiger partial charge is 0.449 e. The lowest BCUT2D eigenvalue weighted by Crippen LogP contribution is -2.44. The van der Waals surface area contributed by atoms with Crippen LogP contribution < -0.4 is 15.0 Å². The van der Waals surface area contributed by atoms with Gasteiger partial charge >= 0.3 is 0 Å². The van der Waals surface area contributed by atoms with Gasteiger partial charge in [-0.25, -0.2) is 0 Å². The molecule has 2 amide bonds. The van der Waals surface area contributed by atoms with E-state index in [2.05, 4.69) is 26.1 Å². The second-order valence-corrected chi connectivity index (χ2v) is 9.47. The van der Waals surface area contributed by atoms with Gasteiger partial charge in [0.15, 0.2) is 11.5 Å². The molecule has 0 atom stereocenters. The van der Waals surface area contributed by atoms with Crippen molar-refractivity contribution in [2.45, 2.75) is 52.6 Å². The number of nitrogens with zero attached hydrogens (tertiary/aromatic N) is 1. The summed E-state index contributed by atoms with van der Waals surface area (Å²) in [6.45, 7) is 11.3. The van der Waals surface area contributed by atoms with Crippen LogP contribution in [0.1, 0.15) is 52.2 Å². The smallest absolute Gasteiger partial charge is 0.294 e. The zero-order valence-corrected chi connectivity index (χ0v) is 20.2. The van der Waals surface area contributed by atoms with E-state index in [0.717, 1.165) is 11.1 Å². The van der Waals surface area contributed by atoms with Crippen molar-refractivity contribution in [2.24, 2.45) is 0 Å². The number of benzene rings is 2. The fraction of sp³-hybridized carbons (Fsp3) is 0.407. The number of hydrogen-bond acceptors (Lipinski definition) is 4. The average Bonchev–Trinajstić information content (AvgIpc) is 2.76. The standard InChI is InChI=1S/C27H34N2O4/c1-19(2)32-15-9-14-28-25(30)18-29-22-17-21(27(3,4)5)12-13-23(22)33-24(26(29)31)16-20-10-7-6-8-11-20/h6-8,10-13,16-17,19H,9,14-15,18H2,1-5H3,(H,28,30)/b24-16-. The molecule has 1 heterocycles. The van der Waals surface area contributed by atoms with E-state index in [0.29, 0.717) is 31.0 Å². The lowest BCUT2D eigenvalue weighted by molar-refractivity contribution is -0.123. The molecule has 1 aliphatic rings. The summed E-state index contributed by atoms with van der Waals surface area (Å²) in [5.74, 6) is 0.190. The molecule has 33 heavy (non-hydrogen) atoms. The van der Waals surface area contributed by atoms with Gasteiger partial charge in [0.05, 0.1) is 11.8 Å². The molecule has 176 valence electrons. The monoisotopic (exact) mass is 450 g/mol. The first kappa shape index (κ1) is 24.5. The van der Waals surface area contributed by atoms with E-state index < -0.39 is 0 Å². The molecule has 0 aromatic heterocycles. The van der Waals surface area contributed by atoms with Crippen molar-refractivity contribution in [1.82, 2.24) is 5.32 Å². The zero-order chi connectivity index (χ0) is 24.0. The summed E-state index contributed by atoms with van der Waals surface area (Å²) < 4.78 is 11.5. The molecule has 0 saturated carbocycles. The van der Waals surface area contributed by atoms with E-state index in [4.69, 9.17) is 9.47 Å². The third-order valence-corrected chi connectivity index (χ3v) is 5.29. The molecule has 6 nitrogen and oxygen atoms in total. The summed E-state index contributed by atoms with van der Waals surface area (Å²) in [6, 6.07) is 15.3. The lowest BCUT2D eigenvalue weighted by atomic mass is 9.86. The summed E-state index contributed by atoms with van der Waals surface area (Å²) >= 11 is 0. The van der Waals surface area contributed by atoms with Crippen LogP contribution in [0, 0.1) is 0 Å². The fourth-order valence-electron chi connectivity index (χ4n) is 3.45. The summed E-state index contributed by atoms with van der Waals surface area (Å²) in [4.78, 5) is 27.6. The maximum Gasteiger partial charge on any atom is 0.294 e. The highest BCUT2D eigenvalue weighted by molar-refractivity contribution is 6.12. The van der Waals surface area contributed by atoms with Gasteiger partial charge in [-0.05, 0) is 55.0 Å². The number of nitrogens with one attached hydrogen (secondary N) is 1. The average molecular weight is 451 g/mol. The van der Waals surface area contributed by atoms with Crippen LogP contribution in [0.4, 0.5) is 5.69 Å². The summed E-state index contributed by atoms with van der Waals surface area (Å²) in [7, 11) is 0. The Morgan fingerprint density at radius 1 is 1.15 bits per heavy atom. The Kier molecular flexibility index (Phi) is 7.92. The normalized spacial score (nSPS) is 14.9. The van der Waals surface area contributed by atoms with Crippen LogP contribution in [0.25, 0.3) is 6.08 Å². The number of anilines is 1. The minimum absolute atomic E-state index is 0.0834.